The molecular formula is C20H21FN2O3. The lowest BCUT2D eigenvalue weighted by molar-refractivity contribution is 0.159. The van der Waals surface area contributed by atoms with Gasteiger partial charge in [0, 0.05) is 24.1 Å². The minimum Gasteiger partial charge on any atom is -0.493 e. The van der Waals surface area contributed by atoms with E-state index in [1.807, 2.05) is 18.2 Å². The molecule has 0 saturated carbocycles. The predicted octanol–water partition coefficient (Wildman–Crippen LogP) is 3.32. The maximum atomic E-state index is 13.6. The van der Waals surface area contributed by atoms with Crippen molar-refractivity contribution >= 4 is 11.7 Å². The summed E-state index contributed by atoms with van der Waals surface area (Å²) in [6.45, 7) is 0.469. The van der Waals surface area contributed by atoms with Crippen LogP contribution in [0.2, 0.25) is 0 Å². The van der Waals surface area contributed by atoms with Gasteiger partial charge in [0.15, 0.2) is 0 Å². The number of fused-ring (bicyclic) bond motifs is 2. The highest BCUT2D eigenvalue weighted by molar-refractivity contribution is 5.90. The first-order valence-corrected chi connectivity index (χ1v) is 8.89. The second-order valence-electron chi connectivity index (χ2n) is 6.81. The topological polar surface area (TPSA) is 70.6 Å². The van der Waals surface area contributed by atoms with Crippen LogP contribution in [-0.4, -0.2) is 23.8 Å². The zero-order valence-corrected chi connectivity index (χ0v) is 14.3. The van der Waals surface area contributed by atoms with Gasteiger partial charge >= 0.3 is 6.03 Å². The Hall–Kier alpha value is -2.60. The Morgan fingerprint density at radius 2 is 2.12 bits per heavy atom. The van der Waals surface area contributed by atoms with Crippen LogP contribution in [0.3, 0.4) is 0 Å². The Labute approximate surface area is 151 Å². The number of hydrogen-bond donors (Lipinski definition) is 3. The molecule has 2 aromatic carbocycles. The molecule has 2 aliphatic rings. The van der Waals surface area contributed by atoms with Gasteiger partial charge in [0.25, 0.3) is 0 Å². The number of nitrogens with one attached hydrogen (secondary N) is 2. The molecule has 0 fully saturated rings. The third-order valence-corrected chi connectivity index (χ3v) is 5.02. The molecule has 4 rings (SSSR count). The van der Waals surface area contributed by atoms with E-state index in [0.29, 0.717) is 36.4 Å². The van der Waals surface area contributed by atoms with E-state index in [9.17, 15) is 14.3 Å². The zero-order valence-electron chi connectivity index (χ0n) is 14.3. The SMILES string of the molecule is O=C(Nc1cccc2c1C[C@@H](O)CC2)N[C@@H]1CCOc2ccc(F)cc21. The Balaban J connectivity index is 1.50. The van der Waals surface area contributed by atoms with Crippen LogP contribution in [-0.2, 0) is 12.8 Å². The summed E-state index contributed by atoms with van der Waals surface area (Å²) in [6, 6.07) is 9.47. The number of benzene rings is 2. The molecule has 0 radical (unpaired) electrons. The first kappa shape index (κ1) is 16.8. The number of aliphatic hydroxyl groups is 1. The van der Waals surface area contributed by atoms with E-state index in [2.05, 4.69) is 10.6 Å². The van der Waals surface area contributed by atoms with E-state index in [0.717, 1.165) is 24.0 Å². The van der Waals surface area contributed by atoms with Gasteiger partial charge in [-0.05, 0) is 48.2 Å². The molecule has 0 unspecified atom stereocenters. The average molecular weight is 356 g/mol. The summed E-state index contributed by atoms with van der Waals surface area (Å²) < 4.78 is 19.1. The minimum atomic E-state index is -0.376. The fourth-order valence-electron chi connectivity index (χ4n) is 3.72. The van der Waals surface area contributed by atoms with E-state index in [-0.39, 0.29) is 24.0 Å². The van der Waals surface area contributed by atoms with Crippen LogP contribution in [0.25, 0.3) is 0 Å². The second kappa shape index (κ2) is 6.96. The largest absolute Gasteiger partial charge is 0.493 e. The quantitative estimate of drug-likeness (QED) is 0.773. The Bertz CT molecular complexity index is 840. The van der Waals surface area contributed by atoms with Crippen molar-refractivity contribution in [3.05, 3.63) is 58.9 Å². The van der Waals surface area contributed by atoms with E-state index in [4.69, 9.17) is 4.74 Å². The molecule has 0 saturated heterocycles. The van der Waals surface area contributed by atoms with Gasteiger partial charge < -0.3 is 20.5 Å². The van der Waals surface area contributed by atoms with Crippen LogP contribution < -0.4 is 15.4 Å². The van der Waals surface area contributed by atoms with E-state index < -0.39 is 0 Å². The van der Waals surface area contributed by atoms with E-state index in [1.165, 1.54) is 12.1 Å². The lowest BCUT2D eigenvalue weighted by Crippen LogP contribution is -2.35. The molecule has 0 aromatic heterocycles. The van der Waals surface area contributed by atoms with Gasteiger partial charge in [-0.3, -0.25) is 0 Å². The molecule has 26 heavy (non-hydrogen) atoms. The number of aryl methyl sites for hydroxylation is 1. The van der Waals surface area contributed by atoms with Crippen molar-refractivity contribution < 1.29 is 19.0 Å². The van der Waals surface area contributed by atoms with Gasteiger partial charge in [0.05, 0.1) is 18.8 Å². The lowest BCUT2D eigenvalue weighted by Gasteiger charge is -2.27. The molecule has 0 bridgehead atoms. The molecule has 2 amide bonds. The zero-order chi connectivity index (χ0) is 18.1. The molecule has 6 heteroatoms. The summed E-state index contributed by atoms with van der Waals surface area (Å²) in [5, 5.41) is 15.7. The number of ether oxygens (including phenoxy) is 1. The number of aliphatic hydroxyl groups excluding tert-OH is 1. The molecule has 1 aliphatic heterocycles. The third kappa shape index (κ3) is 3.37. The smallest absolute Gasteiger partial charge is 0.319 e. The molecule has 136 valence electrons. The molecule has 1 aliphatic carbocycles. The van der Waals surface area contributed by atoms with Gasteiger partial charge in [0.1, 0.15) is 11.6 Å². The summed E-state index contributed by atoms with van der Waals surface area (Å²) in [5.74, 6) is 0.246. The van der Waals surface area contributed by atoms with Crippen LogP contribution in [0.4, 0.5) is 14.9 Å². The van der Waals surface area contributed by atoms with Crippen molar-refractivity contribution in [3.8, 4) is 5.75 Å². The highest BCUT2D eigenvalue weighted by atomic mass is 19.1. The number of carbonyl (C=O) groups is 1. The molecule has 1 heterocycles. The van der Waals surface area contributed by atoms with Crippen molar-refractivity contribution in [2.24, 2.45) is 0 Å². The maximum absolute atomic E-state index is 13.6. The molecular weight excluding hydrogens is 335 g/mol. The normalized spacial score (nSPS) is 21.2. The summed E-state index contributed by atoms with van der Waals surface area (Å²) in [6.07, 6.45) is 2.29. The van der Waals surface area contributed by atoms with Crippen molar-refractivity contribution in [2.75, 3.05) is 11.9 Å². The average Bonchev–Trinajstić information content (AvgIpc) is 2.63. The predicted molar refractivity (Wildman–Crippen MR) is 95.9 cm³/mol. The highest BCUT2D eigenvalue weighted by Crippen LogP contribution is 2.33. The van der Waals surface area contributed by atoms with Crippen LogP contribution in [0.5, 0.6) is 5.75 Å². The molecule has 2 atom stereocenters. The molecule has 0 spiro atoms. The standard InChI is InChI=1S/C20H21FN2O3/c21-13-5-7-19-16(10-13)18(8-9-26-19)23-20(25)22-17-3-1-2-12-4-6-14(24)11-15(12)17/h1-3,5,7,10,14,18,24H,4,6,8-9,11H2,(H2,22,23,25)/t14-,18+/m0/s1. The Morgan fingerprint density at radius 1 is 1.23 bits per heavy atom. The first-order chi connectivity index (χ1) is 12.6. The van der Waals surface area contributed by atoms with Crippen molar-refractivity contribution in [2.45, 2.75) is 37.8 Å². The number of anilines is 1. The van der Waals surface area contributed by atoms with Crippen LogP contribution >= 0.6 is 0 Å². The Kier molecular flexibility index (Phi) is 4.51. The number of halogens is 1. The van der Waals surface area contributed by atoms with Crippen LogP contribution in [0.1, 0.15) is 35.6 Å². The summed E-state index contributed by atoms with van der Waals surface area (Å²) in [4.78, 5) is 12.5. The minimum absolute atomic E-state index is 0.306. The highest BCUT2D eigenvalue weighted by Gasteiger charge is 2.25. The van der Waals surface area contributed by atoms with Gasteiger partial charge in [-0.15, -0.1) is 0 Å². The monoisotopic (exact) mass is 356 g/mol. The van der Waals surface area contributed by atoms with Crippen molar-refractivity contribution in [1.29, 1.82) is 0 Å². The fraction of sp³-hybridized carbons (Fsp3) is 0.350. The number of carbonyl (C=O) groups excluding carboxylic acids is 1. The number of hydrogen-bond acceptors (Lipinski definition) is 3. The fourth-order valence-corrected chi connectivity index (χ4v) is 3.72. The summed E-state index contributed by atoms with van der Waals surface area (Å²) >= 11 is 0. The second-order valence-corrected chi connectivity index (χ2v) is 6.81. The van der Waals surface area contributed by atoms with Crippen molar-refractivity contribution in [1.82, 2.24) is 5.32 Å². The Morgan fingerprint density at radius 3 is 3.00 bits per heavy atom. The maximum Gasteiger partial charge on any atom is 0.319 e. The first-order valence-electron chi connectivity index (χ1n) is 8.89. The molecule has 5 nitrogen and oxygen atoms in total. The van der Waals surface area contributed by atoms with Gasteiger partial charge in [-0.2, -0.15) is 0 Å². The summed E-state index contributed by atoms with van der Waals surface area (Å²) in [5.41, 5.74) is 3.51. The van der Waals surface area contributed by atoms with Crippen LogP contribution in [0.15, 0.2) is 36.4 Å². The van der Waals surface area contributed by atoms with E-state index >= 15 is 0 Å². The molecule has 3 N–H and O–H groups in total. The van der Waals surface area contributed by atoms with Gasteiger partial charge in [-0.1, -0.05) is 12.1 Å². The van der Waals surface area contributed by atoms with Gasteiger partial charge in [-0.25, -0.2) is 9.18 Å². The summed E-state index contributed by atoms with van der Waals surface area (Å²) in [7, 11) is 0. The number of amides is 2. The lowest BCUT2D eigenvalue weighted by atomic mass is 9.88. The van der Waals surface area contributed by atoms with Crippen LogP contribution in [0, 0.1) is 5.82 Å². The number of rotatable bonds is 2. The van der Waals surface area contributed by atoms with Gasteiger partial charge in [0.2, 0.25) is 0 Å². The third-order valence-electron chi connectivity index (χ3n) is 5.02. The van der Waals surface area contributed by atoms with E-state index in [1.54, 1.807) is 6.07 Å². The van der Waals surface area contributed by atoms with Crippen molar-refractivity contribution in [3.63, 3.8) is 0 Å². The molecule has 2 aromatic rings. The number of urea groups is 1.